The maximum atomic E-state index is 12.6. The topological polar surface area (TPSA) is 75.3 Å². The molecule has 7 heteroatoms. The van der Waals surface area contributed by atoms with E-state index in [9.17, 15) is 13.2 Å². The Morgan fingerprint density at radius 3 is 2.00 bits per heavy atom. The van der Waals surface area contributed by atoms with Gasteiger partial charge in [0, 0.05) is 11.4 Å². The first-order valence-electron chi connectivity index (χ1n) is 7.69. The molecule has 3 aromatic carbocycles. The van der Waals surface area contributed by atoms with Crippen molar-refractivity contribution in [2.45, 2.75) is 4.90 Å². The second-order valence-corrected chi connectivity index (χ2v) is 7.52. The van der Waals surface area contributed by atoms with Crippen molar-refractivity contribution in [1.29, 1.82) is 0 Å². The first-order valence-corrected chi connectivity index (χ1v) is 9.56. The summed E-state index contributed by atoms with van der Waals surface area (Å²) in [6.07, 6.45) is 0. The third-order valence-electron chi connectivity index (χ3n) is 3.55. The van der Waals surface area contributed by atoms with E-state index >= 15 is 0 Å². The van der Waals surface area contributed by atoms with Crippen molar-refractivity contribution < 1.29 is 13.2 Å². The molecule has 26 heavy (non-hydrogen) atoms. The van der Waals surface area contributed by atoms with Gasteiger partial charge in [0.15, 0.2) is 0 Å². The van der Waals surface area contributed by atoms with Crippen LogP contribution >= 0.6 is 11.6 Å². The maximum absolute atomic E-state index is 12.6. The summed E-state index contributed by atoms with van der Waals surface area (Å²) in [7, 11) is -3.85. The number of nitrogens with one attached hydrogen (secondary N) is 2. The Morgan fingerprint density at radius 1 is 0.808 bits per heavy atom. The molecule has 3 aromatic rings. The van der Waals surface area contributed by atoms with Gasteiger partial charge in [-0.05, 0) is 42.5 Å². The lowest BCUT2D eigenvalue weighted by molar-refractivity contribution is 0.102. The van der Waals surface area contributed by atoms with E-state index in [-0.39, 0.29) is 15.5 Å². The minimum Gasteiger partial charge on any atom is -0.322 e. The van der Waals surface area contributed by atoms with Crippen molar-refractivity contribution in [1.82, 2.24) is 0 Å². The highest BCUT2D eigenvalue weighted by Gasteiger charge is 2.19. The zero-order valence-corrected chi connectivity index (χ0v) is 15.1. The summed E-state index contributed by atoms with van der Waals surface area (Å²) in [4.78, 5) is 12.4. The first-order chi connectivity index (χ1) is 12.5. The van der Waals surface area contributed by atoms with Crippen molar-refractivity contribution in [2.75, 3.05) is 10.0 Å². The largest absolute Gasteiger partial charge is 0.322 e. The number of carbonyl (C=O) groups is 1. The van der Waals surface area contributed by atoms with Crippen LogP contribution in [0.15, 0.2) is 83.8 Å². The number of halogens is 1. The number of para-hydroxylation sites is 2. The number of rotatable bonds is 5. The SMILES string of the molecule is O=C(Nc1ccccc1)c1cc(S(=O)(=O)Nc2ccccc2)ccc1Cl. The fraction of sp³-hybridized carbons (Fsp3) is 0. The van der Waals surface area contributed by atoms with Gasteiger partial charge in [-0.15, -0.1) is 0 Å². The maximum Gasteiger partial charge on any atom is 0.261 e. The molecule has 3 rings (SSSR count). The molecule has 0 aliphatic rings. The Morgan fingerprint density at radius 2 is 1.38 bits per heavy atom. The summed E-state index contributed by atoms with van der Waals surface area (Å²) in [5.74, 6) is -0.488. The van der Waals surface area contributed by atoms with E-state index in [1.807, 2.05) is 6.07 Å². The normalized spacial score (nSPS) is 11.0. The third kappa shape index (κ3) is 4.22. The number of benzene rings is 3. The molecule has 0 saturated heterocycles. The Bertz CT molecular complexity index is 1020. The third-order valence-corrected chi connectivity index (χ3v) is 5.26. The summed E-state index contributed by atoms with van der Waals surface area (Å²) in [6.45, 7) is 0. The molecular weight excluding hydrogens is 372 g/mol. The van der Waals surface area contributed by atoms with Crippen LogP contribution in [0.2, 0.25) is 5.02 Å². The number of sulfonamides is 1. The van der Waals surface area contributed by atoms with Gasteiger partial charge in [0.2, 0.25) is 0 Å². The van der Waals surface area contributed by atoms with E-state index in [2.05, 4.69) is 10.0 Å². The van der Waals surface area contributed by atoms with Gasteiger partial charge in [-0.1, -0.05) is 48.0 Å². The lowest BCUT2D eigenvalue weighted by atomic mass is 10.2. The Kier molecular flexibility index (Phi) is 5.25. The van der Waals surface area contributed by atoms with Crippen LogP contribution in [0.1, 0.15) is 10.4 Å². The van der Waals surface area contributed by atoms with Crippen LogP contribution in [-0.2, 0) is 10.0 Å². The molecule has 132 valence electrons. The average Bonchev–Trinajstić information content (AvgIpc) is 2.63. The van der Waals surface area contributed by atoms with Gasteiger partial charge in [-0.25, -0.2) is 8.42 Å². The molecule has 0 fully saturated rings. The Hall–Kier alpha value is -2.83. The molecule has 0 heterocycles. The van der Waals surface area contributed by atoms with E-state index < -0.39 is 15.9 Å². The molecule has 0 aliphatic heterocycles. The predicted octanol–water partition coefficient (Wildman–Crippen LogP) is 4.39. The molecule has 0 radical (unpaired) electrons. The van der Waals surface area contributed by atoms with Crippen molar-refractivity contribution in [2.24, 2.45) is 0 Å². The van der Waals surface area contributed by atoms with Gasteiger partial charge in [0.1, 0.15) is 0 Å². The zero-order chi connectivity index (χ0) is 18.6. The number of anilines is 2. The predicted molar refractivity (Wildman–Crippen MR) is 103 cm³/mol. The Balaban J connectivity index is 1.88. The second kappa shape index (κ2) is 7.59. The summed E-state index contributed by atoms with van der Waals surface area (Å²) >= 11 is 6.09. The van der Waals surface area contributed by atoms with Crippen LogP contribution < -0.4 is 10.0 Å². The van der Waals surface area contributed by atoms with Crippen LogP contribution in [-0.4, -0.2) is 14.3 Å². The molecule has 0 unspecified atom stereocenters. The number of amides is 1. The minimum atomic E-state index is -3.85. The standard InChI is InChI=1S/C19H15ClN2O3S/c20-18-12-11-16(26(24,25)22-15-9-5-2-6-10-15)13-17(18)19(23)21-14-7-3-1-4-8-14/h1-13,22H,(H,21,23). The van der Waals surface area contributed by atoms with Crippen LogP contribution in [0.4, 0.5) is 11.4 Å². The van der Waals surface area contributed by atoms with Gasteiger partial charge in [-0.3, -0.25) is 9.52 Å². The zero-order valence-electron chi connectivity index (χ0n) is 13.5. The monoisotopic (exact) mass is 386 g/mol. The summed E-state index contributed by atoms with van der Waals surface area (Å²) in [5, 5.41) is 2.85. The molecule has 0 spiro atoms. The summed E-state index contributed by atoms with van der Waals surface area (Å²) < 4.78 is 27.6. The smallest absolute Gasteiger partial charge is 0.261 e. The first kappa shape index (κ1) is 18.0. The van der Waals surface area contributed by atoms with E-state index in [1.165, 1.54) is 18.2 Å². The van der Waals surface area contributed by atoms with Crippen molar-refractivity contribution in [3.05, 3.63) is 89.4 Å². The second-order valence-electron chi connectivity index (χ2n) is 5.43. The van der Waals surface area contributed by atoms with Crippen LogP contribution in [0.25, 0.3) is 0 Å². The lowest BCUT2D eigenvalue weighted by Crippen LogP contribution is -2.16. The van der Waals surface area contributed by atoms with E-state index in [4.69, 9.17) is 11.6 Å². The van der Waals surface area contributed by atoms with E-state index in [1.54, 1.807) is 54.6 Å². The molecule has 0 saturated carbocycles. The van der Waals surface area contributed by atoms with Gasteiger partial charge < -0.3 is 5.32 Å². The molecule has 5 nitrogen and oxygen atoms in total. The fourth-order valence-electron chi connectivity index (χ4n) is 2.29. The van der Waals surface area contributed by atoms with E-state index in [0.717, 1.165) is 0 Å². The van der Waals surface area contributed by atoms with Crippen molar-refractivity contribution in [3.63, 3.8) is 0 Å². The molecule has 0 bridgehead atoms. The van der Waals surface area contributed by atoms with E-state index in [0.29, 0.717) is 11.4 Å². The van der Waals surface area contributed by atoms with Gasteiger partial charge in [0.25, 0.3) is 15.9 Å². The number of hydrogen-bond acceptors (Lipinski definition) is 3. The highest BCUT2D eigenvalue weighted by atomic mass is 35.5. The highest BCUT2D eigenvalue weighted by molar-refractivity contribution is 7.92. The minimum absolute atomic E-state index is 0.0519. The van der Waals surface area contributed by atoms with Gasteiger partial charge in [-0.2, -0.15) is 0 Å². The molecule has 0 atom stereocenters. The van der Waals surface area contributed by atoms with Crippen molar-refractivity contribution >= 4 is 38.9 Å². The summed E-state index contributed by atoms with van der Waals surface area (Å²) in [5.41, 5.74) is 1.09. The van der Waals surface area contributed by atoms with Crippen LogP contribution in [0, 0.1) is 0 Å². The number of carbonyl (C=O) groups excluding carboxylic acids is 1. The summed E-state index contributed by atoms with van der Waals surface area (Å²) in [6, 6.07) is 21.3. The Labute approximate surface area is 156 Å². The molecule has 0 aliphatic carbocycles. The molecule has 0 aromatic heterocycles. The molecular formula is C19H15ClN2O3S. The highest BCUT2D eigenvalue weighted by Crippen LogP contribution is 2.23. The van der Waals surface area contributed by atoms with Gasteiger partial charge >= 0.3 is 0 Å². The van der Waals surface area contributed by atoms with Crippen molar-refractivity contribution in [3.8, 4) is 0 Å². The van der Waals surface area contributed by atoms with Crippen LogP contribution in [0.5, 0.6) is 0 Å². The average molecular weight is 387 g/mol. The number of hydrogen-bond donors (Lipinski definition) is 2. The molecule has 2 N–H and O–H groups in total. The van der Waals surface area contributed by atoms with Gasteiger partial charge in [0.05, 0.1) is 15.5 Å². The lowest BCUT2D eigenvalue weighted by Gasteiger charge is -2.11. The fourth-order valence-corrected chi connectivity index (χ4v) is 3.57. The van der Waals surface area contributed by atoms with Crippen LogP contribution in [0.3, 0.4) is 0 Å². The quantitative estimate of drug-likeness (QED) is 0.682. The molecule has 1 amide bonds.